The van der Waals surface area contributed by atoms with Crippen molar-refractivity contribution in [3.63, 3.8) is 0 Å². The average Bonchev–Trinajstić information content (AvgIpc) is 2.66. The maximum atomic E-state index is 5.45. The van der Waals surface area contributed by atoms with Crippen LogP contribution in [-0.4, -0.2) is 44.5 Å². The van der Waals surface area contributed by atoms with Gasteiger partial charge in [-0.2, -0.15) is 5.10 Å². The zero-order valence-corrected chi connectivity index (χ0v) is 14.0. The largest absolute Gasteiger partial charge is 0.495 e. The maximum Gasteiger partial charge on any atom is 0.142 e. The minimum Gasteiger partial charge on any atom is -0.495 e. The van der Waals surface area contributed by atoms with E-state index in [4.69, 9.17) is 4.74 Å². The van der Waals surface area contributed by atoms with Crippen LogP contribution in [0.1, 0.15) is 5.56 Å². The SMILES string of the molecule is COc1ccccc1N1CCN(/N=C\C=C\c2ccccc2)CC1. The number of anilines is 1. The van der Waals surface area contributed by atoms with Crippen LogP contribution in [0.15, 0.2) is 65.8 Å². The summed E-state index contributed by atoms with van der Waals surface area (Å²) in [7, 11) is 1.72. The van der Waals surface area contributed by atoms with Crippen LogP contribution in [0, 0.1) is 0 Å². The third-order valence-corrected chi connectivity index (χ3v) is 4.09. The number of benzene rings is 2. The number of nitrogens with zero attached hydrogens (tertiary/aromatic N) is 3. The Morgan fingerprint density at radius 3 is 2.38 bits per heavy atom. The second kappa shape index (κ2) is 8.20. The molecule has 4 nitrogen and oxygen atoms in total. The monoisotopic (exact) mass is 321 g/mol. The Morgan fingerprint density at radius 1 is 0.917 bits per heavy atom. The van der Waals surface area contributed by atoms with Gasteiger partial charge in [0.1, 0.15) is 5.75 Å². The normalized spacial score (nSPS) is 15.4. The molecule has 4 heteroatoms. The number of para-hydroxylation sites is 2. The van der Waals surface area contributed by atoms with E-state index in [-0.39, 0.29) is 0 Å². The first-order chi connectivity index (χ1) is 11.9. The molecule has 24 heavy (non-hydrogen) atoms. The van der Waals surface area contributed by atoms with Crippen LogP contribution in [0.3, 0.4) is 0 Å². The molecule has 0 amide bonds. The number of hydrazone groups is 1. The molecule has 2 aromatic carbocycles. The molecule has 1 heterocycles. The Labute approximate surface area is 143 Å². The lowest BCUT2D eigenvalue weighted by Gasteiger charge is -2.35. The number of ether oxygens (including phenoxy) is 1. The molecule has 0 radical (unpaired) electrons. The van der Waals surface area contributed by atoms with E-state index in [2.05, 4.69) is 45.4 Å². The van der Waals surface area contributed by atoms with Gasteiger partial charge in [-0.15, -0.1) is 0 Å². The first kappa shape index (κ1) is 16.1. The zero-order chi connectivity index (χ0) is 16.6. The highest BCUT2D eigenvalue weighted by molar-refractivity contribution is 5.78. The fraction of sp³-hybridized carbons (Fsp3) is 0.250. The van der Waals surface area contributed by atoms with Crippen LogP contribution in [0.4, 0.5) is 5.69 Å². The number of rotatable bonds is 5. The van der Waals surface area contributed by atoms with Crippen LogP contribution in [0.5, 0.6) is 5.75 Å². The first-order valence-electron chi connectivity index (χ1n) is 8.25. The lowest BCUT2D eigenvalue weighted by molar-refractivity contribution is 0.271. The van der Waals surface area contributed by atoms with E-state index < -0.39 is 0 Å². The van der Waals surface area contributed by atoms with E-state index in [0.29, 0.717) is 0 Å². The summed E-state index contributed by atoms with van der Waals surface area (Å²) in [4.78, 5) is 2.35. The summed E-state index contributed by atoms with van der Waals surface area (Å²) in [5, 5.41) is 6.64. The predicted molar refractivity (Wildman–Crippen MR) is 101 cm³/mol. The highest BCUT2D eigenvalue weighted by Gasteiger charge is 2.17. The predicted octanol–water partition coefficient (Wildman–Crippen LogP) is 3.52. The summed E-state index contributed by atoms with van der Waals surface area (Å²) in [6, 6.07) is 18.4. The van der Waals surface area contributed by atoms with Gasteiger partial charge in [-0.05, 0) is 23.8 Å². The van der Waals surface area contributed by atoms with Gasteiger partial charge < -0.3 is 9.64 Å². The van der Waals surface area contributed by atoms with Gasteiger partial charge in [0.05, 0.1) is 25.9 Å². The van der Waals surface area contributed by atoms with Crippen molar-refractivity contribution in [2.75, 3.05) is 38.2 Å². The van der Waals surface area contributed by atoms with Crippen molar-refractivity contribution in [1.82, 2.24) is 5.01 Å². The summed E-state index contributed by atoms with van der Waals surface area (Å²) < 4.78 is 5.45. The number of hydrogen-bond acceptors (Lipinski definition) is 4. The molecule has 0 N–H and O–H groups in total. The fourth-order valence-corrected chi connectivity index (χ4v) is 2.79. The average molecular weight is 321 g/mol. The van der Waals surface area contributed by atoms with Crippen molar-refractivity contribution in [2.45, 2.75) is 0 Å². The van der Waals surface area contributed by atoms with Gasteiger partial charge in [0.15, 0.2) is 0 Å². The molecule has 3 rings (SSSR count). The molecule has 2 aromatic rings. The molecule has 1 fully saturated rings. The molecule has 0 aromatic heterocycles. The molecule has 0 unspecified atom stereocenters. The highest BCUT2D eigenvalue weighted by Crippen LogP contribution is 2.28. The smallest absolute Gasteiger partial charge is 0.142 e. The van der Waals surface area contributed by atoms with E-state index in [1.165, 1.54) is 5.56 Å². The van der Waals surface area contributed by atoms with Crippen LogP contribution < -0.4 is 9.64 Å². The molecule has 0 aliphatic carbocycles. The number of methoxy groups -OCH3 is 1. The van der Waals surface area contributed by atoms with Gasteiger partial charge in [0.2, 0.25) is 0 Å². The maximum absolute atomic E-state index is 5.45. The molecule has 0 atom stereocenters. The third kappa shape index (κ3) is 4.16. The van der Waals surface area contributed by atoms with E-state index in [1.54, 1.807) is 7.11 Å². The quantitative estimate of drug-likeness (QED) is 0.789. The molecule has 1 aliphatic heterocycles. The fourth-order valence-electron chi connectivity index (χ4n) is 2.79. The molecule has 1 aliphatic rings. The molecule has 0 spiro atoms. The second-order valence-corrected chi connectivity index (χ2v) is 5.65. The van der Waals surface area contributed by atoms with Gasteiger partial charge in [0.25, 0.3) is 0 Å². The lowest BCUT2D eigenvalue weighted by atomic mass is 10.2. The van der Waals surface area contributed by atoms with Crippen LogP contribution in [0.25, 0.3) is 6.08 Å². The van der Waals surface area contributed by atoms with E-state index in [9.17, 15) is 0 Å². The van der Waals surface area contributed by atoms with Crippen molar-refractivity contribution in [1.29, 1.82) is 0 Å². The van der Waals surface area contributed by atoms with E-state index in [1.807, 2.05) is 42.6 Å². The van der Waals surface area contributed by atoms with Gasteiger partial charge >= 0.3 is 0 Å². The number of allylic oxidation sites excluding steroid dienone is 1. The van der Waals surface area contributed by atoms with E-state index >= 15 is 0 Å². The Morgan fingerprint density at radius 2 is 1.62 bits per heavy atom. The van der Waals surface area contributed by atoms with E-state index in [0.717, 1.165) is 37.6 Å². The van der Waals surface area contributed by atoms with Crippen molar-refractivity contribution >= 4 is 18.0 Å². The Hall–Kier alpha value is -2.75. The zero-order valence-electron chi connectivity index (χ0n) is 14.0. The third-order valence-electron chi connectivity index (χ3n) is 4.09. The molecule has 1 saturated heterocycles. The highest BCUT2D eigenvalue weighted by atomic mass is 16.5. The summed E-state index contributed by atoms with van der Waals surface area (Å²) in [5.74, 6) is 0.931. The summed E-state index contributed by atoms with van der Waals surface area (Å²) in [6.45, 7) is 3.71. The van der Waals surface area contributed by atoms with Crippen LogP contribution >= 0.6 is 0 Å². The van der Waals surface area contributed by atoms with Gasteiger partial charge in [-0.25, -0.2) is 0 Å². The topological polar surface area (TPSA) is 28.1 Å². The Kier molecular flexibility index (Phi) is 5.51. The van der Waals surface area contributed by atoms with Crippen molar-refractivity contribution in [2.24, 2.45) is 5.10 Å². The Balaban J connectivity index is 1.52. The van der Waals surface area contributed by atoms with Gasteiger partial charge in [0, 0.05) is 19.3 Å². The van der Waals surface area contributed by atoms with Crippen molar-refractivity contribution in [3.8, 4) is 5.75 Å². The van der Waals surface area contributed by atoms with Crippen molar-refractivity contribution < 1.29 is 4.74 Å². The molecular weight excluding hydrogens is 298 g/mol. The minimum atomic E-state index is 0.910. The first-order valence-corrected chi connectivity index (χ1v) is 8.25. The molecule has 0 bridgehead atoms. The van der Waals surface area contributed by atoms with Gasteiger partial charge in [-0.1, -0.05) is 48.5 Å². The van der Waals surface area contributed by atoms with Crippen LogP contribution in [0.2, 0.25) is 0 Å². The molecular formula is C20H23N3O. The lowest BCUT2D eigenvalue weighted by Crippen LogP contribution is -2.44. The Bertz CT molecular complexity index is 689. The second-order valence-electron chi connectivity index (χ2n) is 5.65. The number of hydrogen-bond donors (Lipinski definition) is 0. The molecule has 0 saturated carbocycles. The number of piperazine rings is 1. The standard InChI is InChI=1S/C20H23N3O/c1-24-20-12-6-5-11-19(20)22-14-16-23(17-15-22)21-13-7-10-18-8-3-2-4-9-18/h2-13H,14-17H2,1H3/b10-7+,21-13-. The van der Waals surface area contributed by atoms with Gasteiger partial charge in [-0.3, -0.25) is 5.01 Å². The summed E-state index contributed by atoms with van der Waals surface area (Å²) in [5.41, 5.74) is 2.34. The van der Waals surface area contributed by atoms with Crippen molar-refractivity contribution in [3.05, 3.63) is 66.2 Å². The molecule has 124 valence electrons. The summed E-state index contributed by atoms with van der Waals surface area (Å²) in [6.07, 6.45) is 5.92. The summed E-state index contributed by atoms with van der Waals surface area (Å²) >= 11 is 0. The minimum absolute atomic E-state index is 0.910. The van der Waals surface area contributed by atoms with Crippen LogP contribution in [-0.2, 0) is 0 Å².